The summed E-state index contributed by atoms with van der Waals surface area (Å²) in [5.74, 6) is -0.00182. The molecule has 18 heavy (non-hydrogen) atoms. The Balaban J connectivity index is 2.30. The predicted octanol–water partition coefficient (Wildman–Crippen LogP) is 1.67. The van der Waals surface area contributed by atoms with Crippen LogP contribution in [-0.4, -0.2) is 32.6 Å². The molecule has 96 valence electrons. The van der Waals surface area contributed by atoms with Crippen LogP contribution in [0.4, 0.5) is 0 Å². The minimum Gasteiger partial charge on any atom is -0.462 e. The first-order valence-corrected chi connectivity index (χ1v) is 5.95. The van der Waals surface area contributed by atoms with E-state index in [2.05, 4.69) is 24.3 Å². The summed E-state index contributed by atoms with van der Waals surface area (Å²) in [6.45, 7) is 6.02. The molecule has 0 amide bonds. The molecule has 2 heterocycles. The molecular formula is C10H12N4O3S. The van der Waals surface area contributed by atoms with Crippen LogP contribution >= 0.6 is 11.5 Å². The first-order chi connectivity index (χ1) is 8.41. The van der Waals surface area contributed by atoms with E-state index < -0.39 is 5.97 Å². The maximum absolute atomic E-state index is 11.2. The molecule has 0 aromatic carbocycles. The molecule has 0 saturated carbocycles. The maximum Gasteiger partial charge on any atom is 0.396 e. The molecule has 2 aromatic heterocycles. The first-order valence-electron chi connectivity index (χ1n) is 5.18. The Labute approximate surface area is 107 Å². The minimum absolute atomic E-state index is 0.153. The molecule has 7 nitrogen and oxygen atoms in total. The summed E-state index contributed by atoms with van der Waals surface area (Å²) >= 11 is 1.15. The first kappa shape index (κ1) is 12.6. The number of esters is 1. The molecule has 0 aliphatic carbocycles. The minimum atomic E-state index is -0.672. The molecule has 0 atom stereocenters. The average molecular weight is 268 g/mol. The lowest BCUT2D eigenvalue weighted by Gasteiger charge is -2.11. The Bertz CT molecular complexity index is 570. The van der Waals surface area contributed by atoms with Gasteiger partial charge in [0.2, 0.25) is 5.01 Å². The van der Waals surface area contributed by atoms with E-state index >= 15 is 0 Å². The highest BCUT2D eigenvalue weighted by Crippen LogP contribution is 2.26. The molecule has 0 aliphatic rings. The van der Waals surface area contributed by atoms with Crippen molar-refractivity contribution in [1.82, 2.24) is 19.6 Å². The predicted molar refractivity (Wildman–Crippen MR) is 63.2 cm³/mol. The van der Waals surface area contributed by atoms with E-state index in [-0.39, 0.29) is 17.2 Å². The fraction of sp³-hybridized carbons (Fsp3) is 0.500. The van der Waals surface area contributed by atoms with Gasteiger partial charge in [0.1, 0.15) is 5.82 Å². The van der Waals surface area contributed by atoms with E-state index in [1.54, 1.807) is 0 Å². The van der Waals surface area contributed by atoms with Gasteiger partial charge in [0, 0.05) is 5.41 Å². The number of hydrogen-bond donors (Lipinski definition) is 0. The molecule has 0 spiro atoms. The Morgan fingerprint density at radius 2 is 2.06 bits per heavy atom. The molecular weight excluding hydrogens is 256 g/mol. The van der Waals surface area contributed by atoms with Gasteiger partial charge in [0.15, 0.2) is 0 Å². The number of carbonyl (C=O) groups excluding carboxylic acids is 1. The van der Waals surface area contributed by atoms with E-state index in [0.717, 1.165) is 11.5 Å². The number of rotatable bonds is 2. The quantitative estimate of drug-likeness (QED) is 0.765. The van der Waals surface area contributed by atoms with Gasteiger partial charge in [-0.1, -0.05) is 20.8 Å². The smallest absolute Gasteiger partial charge is 0.396 e. The summed E-state index contributed by atoms with van der Waals surface area (Å²) in [4.78, 5) is 15.5. The van der Waals surface area contributed by atoms with Gasteiger partial charge in [-0.3, -0.25) is 0 Å². The summed E-state index contributed by atoms with van der Waals surface area (Å²) in [6.07, 6.45) is 0. The highest BCUT2D eigenvalue weighted by Gasteiger charge is 2.23. The molecule has 0 N–H and O–H groups in total. The zero-order valence-corrected chi connectivity index (χ0v) is 11.2. The van der Waals surface area contributed by atoms with Gasteiger partial charge in [0.05, 0.1) is 7.11 Å². The fourth-order valence-electron chi connectivity index (χ4n) is 1.09. The SMILES string of the molecule is COC(=O)c1nnc(-c2nc(C(C)(C)C)ns2)o1. The number of hydrogen-bond acceptors (Lipinski definition) is 8. The molecule has 0 aliphatic heterocycles. The average Bonchev–Trinajstić information content (AvgIpc) is 2.94. The second-order valence-corrected chi connectivity index (χ2v) is 5.33. The normalized spacial score (nSPS) is 11.6. The van der Waals surface area contributed by atoms with Gasteiger partial charge >= 0.3 is 11.9 Å². The number of carbonyl (C=O) groups is 1. The highest BCUT2D eigenvalue weighted by atomic mass is 32.1. The van der Waals surface area contributed by atoms with Crippen molar-refractivity contribution in [2.45, 2.75) is 26.2 Å². The Morgan fingerprint density at radius 3 is 2.61 bits per heavy atom. The topological polar surface area (TPSA) is 91.0 Å². The third kappa shape index (κ3) is 2.37. The lowest BCUT2D eigenvalue weighted by Crippen LogP contribution is -2.12. The largest absolute Gasteiger partial charge is 0.462 e. The number of nitrogens with zero attached hydrogens (tertiary/aromatic N) is 4. The monoisotopic (exact) mass is 268 g/mol. The van der Waals surface area contributed by atoms with Gasteiger partial charge in [-0.05, 0) is 11.5 Å². The zero-order valence-electron chi connectivity index (χ0n) is 10.4. The molecule has 0 bridgehead atoms. The van der Waals surface area contributed by atoms with Crippen LogP contribution in [0, 0.1) is 0 Å². The highest BCUT2D eigenvalue weighted by molar-refractivity contribution is 7.09. The molecule has 0 unspecified atom stereocenters. The van der Waals surface area contributed by atoms with E-state index in [9.17, 15) is 4.79 Å². The molecule has 0 radical (unpaired) electrons. The Kier molecular flexibility index (Phi) is 3.12. The molecule has 2 aromatic rings. The van der Waals surface area contributed by atoms with Gasteiger partial charge in [0.25, 0.3) is 5.89 Å². The molecule has 0 saturated heterocycles. The maximum atomic E-state index is 11.2. The van der Waals surface area contributed by atoms with Crippen molar-refractivity contribution in [3.63, 3.8) is 0 Å². The van der Waals surface area contributed by atoms with Crippen molar-refractivity contribution in [2.75, 3.05) is 7.11 Å². The molecule has 0 fully saturated rings. The third-order valence-electron chi connectivity index (χ3n) is 2.06. The van der Waals surface area contributed by atoms with E-state index in [4.69, 9.17) is 4.42 Å². The second kappa shape index (κ2) is 4.45. The Morgan fingerprint density at radius 1 is 1.33 bits per heavy atom. The van der Waals surface area contributed by atoms with Crippen LogP contribution < -0.4 is 0 Å². The van der Waals surface area contributed by atoms with Crippen molar-refractivity contribution < 1.29 is 13.9 Å². The van der Waals surface area contributed by atoms with Crippen molar-refractivity contribution in [2.24, 2.45) is 0 Å². The van der Waals surface area contributed by atoms with Crippen molar-refractivity contribution in [3.8, 4) is 10.9 Å². The third-order valence-corrected chi connectivity index (χ3v) is 2.77. The van der Waals surface area contributed by atoms with Crippen molar-refractivity contribution >= 4 is 17.5 Å². The molecule has 8 heteroatoms. The summed E-state index contributed by atoms with van der Waals surface area (Å²) in [7, 11) is 1.24. The standard InChI is InChI=1S/C10H12N4O3S/c1-10(2,3)9-11-7(18-14-9)5-12-13-6(17-5)8(15)16-4/h1-4H3. The van der Waals surface area contributed by atoms with E-state index in [1.165, 1.54) is 7.11 Å². The van der Waals surface area contributed by atoms with Crippen molar-refractivity contribution in [1.29, 1.82) is 0 Å². The van der Waals surface area contributed by atoms with Crippen LogP contribution in [0.25, 0.3) is 10.9 Å². The van der Waals surface area contributed by atoms with Crippen LogP contribution in [-0.2, 0) is 10.2 Å². The van der Waals surface area contributed by atoms with Crippen LogP contribution in [0.5, 0.6) is 0 Å². The van der Waals surface area contributed by atoms with Gasteiger partial charge in [-0.25, -0.2) is 9.78 Å². The van der Waals surface area contributed by atoms with Crippen LogP contribution in [0.15, 0.2) is 4.42 Å². The molecule has 2 rings (SSSR count). The lowest BCUT2D eigenvalue weighted by atomic mass is 9.96. The van der Waals surface area contributed by atoms with Crippen LogP contribution in [0.2, 0.25) is 0 Å². The van der Waals surface area contributed by atoms with Gasteiger partial charge in [-0.15, -0.1) is 10.2 Å². The fourth-order valence-corrected chi connectivity index (χ4v) is 1.87. The van der Waals surface area contributed by atoms with Gasteiger partial charge in [-0.2, -0.15) is 4.37 Å². The second-order valence-electron chi connectivity index (χ2n) is 4.58. The number of aromatic nitrogens is 4. The Hall–Kier alpha value is -1.83. The van der Waals surface area contributed by atoms with Crippen LogP contribution in [0.1, 0.15) is 37.3 Å². The zero-order chi connectivity index (χ0) is 13.3. The van der Waals surface area contributed by atoms with Gasteiger partial charge < -0.3 is 9.15 Å². The summed E-state index contributed by atoms with van der Waals surface area (Å²) in [6, 6.07) is 0. The van der Waals surface area contributed by atoms with E-state index in [0.29, 0.717) is 10.8 Å². The lowest BCUT2D eigenvalue weighted by molar-refractivity contribution is 0.0556. The van der Waals surface area contributed by atoms with Crippen molar-refractivity contribution in [3.05, 3.63) is 11.7 Å². The number of ether oxygens (including phenoxy) is 1. The van der Waals surface area contributed by atoms with Crippen LogP contribution in [0.3, 0.4) is 0 Å². The summed E-state index contributed by atoms with van der Waals surface area (Å²) < 4.78 is 13.9. The van der Waals surface area contributed by atoms with E-state index in [1.807, 2.05) is 20.8 Å². The number of methoxy groups -OCH3 is 1. The summed E-state index contributed by atoms with van der Waals surface area (Å²) in [5.41, 5.74) is -0.153. The summed E-state index contributed by atoms with van der Waals surface area (Å²) in [5, 5.41) is 7.81.